The molecule has 2 aromatic rings. The van der Waals surface area contributed by atoms with E-state index in [2.05, 4.69) is 43.3 Å². The van der Waals surface area contributed by atoms with Crippen molar-refractivity contribution < 1.29 is 0 Å². The van der Waals surface area contributed by atoms with Gasteiger partial charge in [-0.1, -0.05) is 124 Å². The largest absolute Gasteiger partial charge is 0.0839 e. The minimum absolute atomic E-state index is 0.683. The van der Waals surface area contributed by atoms with E-state index in [9.17, 15) is 0 Å². The fraction of sp³-hybridized carbons (Fsp3) is 0.417. The normalized spacial score (nSPS) is 10.7. The second kappa shape index (κ2) is 12.1. The van der Waals surface area contributed by atoms with Crippen LogP contribution in [0.25, 0.3) is 0 Å². The van der Waals surface area contributed by atoms with E-state index in [1.54, 1.807) is 0 Å². The summed E-state index contributed by atoms with van der Waals surface area (Å²) in [5, 5.41) is 0. The molecule has 0 heterocycles. The summed E-state index contributed by atoms with van der Waals surface area (Å²) in [5.41, 5.74) is 3.70. The third kappa shape index (κ3) is 7.09. The van der Waals surface area contributed by atoms with Crippen LogP contribution in [0.15, 0.2) is 54.6 Å². The van der Waals surface area contributed by atoms with Crippen LogP contribution in [0.1, 0.15) is 75.0 Å². The minimum Gasteiger partial charge on any atom is -0.0839 e. The average Bonchev–Trinajstić information content (AvgIpc) is 2.68. The van der Waals surface area contributed by atoms with E-state index >= 15 is 0 Å². The van der Waals surface area contributed by atoms with E-state index in [1.807, 2.05) is 18.2 Å². The molecule has 0 fully saturated rings. The average molecular weight is 383 g/mol. The number of thiocarbonyl (C=S) groups is 2. The number of hydrogen-bond donors (Lipinski definition) is 0. The lowest BCUT2D eigenvalue weighted by molar-refractivity contribution is 0.589. The Labute approximate surface area is 170 Å². The predicted octanol–water partition coefficient (Wildman–Crippen LogP) is 7.51. The van der Waals surface area contributed by atoms with Crippen molar-refractivity contribution >= 4 is 34.2 Å². The first kappa shape index (κ1) is 20.9. The molecule has 0 atom stereocenters. The minimum atomic E-state index is 0.683. The molecule has 0 N–H and O–H groups in total. The van der Waals surface area contributed by atoms with Crippen LogP contribution in [-0.4, -0.2) is 9.73 Å². The Bertz CT molecular complexity index is 688. The summed E-state index contributed by atoms with van der Waals surface area (Å²) < 4.78 is 0. The van der Waals surface area contributed by atoms with E-state index in [4.69, 9.17) is 24.4 Å². The van der Waals surface area contributed by atoms with Gasteiger partial charge < -0.3 is 0 Å². The maximum Gasteiger partial charge on any atom is 0.0279 e. The van der Waals surface area contributed by atoms with Crippen LogP contribution in [0.2, 0.25) is 0 Å². The Morgan fingerprint density at radius 1 is 0.692 bits per heavy atom. The number of rotatable bonds is 12. The van der Waals surface area contributed by atoms with Gasteiger partial charge in [-0.05, 0) is 29.5 Å². The van der Waals surface area contributed by atoms with Gasteiger partial charge in [-0.25, -0.2) is 0 Å². The van der Waals surface area contributed by atoms with Crippen LogP contribution in [0.3, 0.4) is 0 Å². The molecular formula is C24H30S2. The fourth-order valence-electron chi connectivity index (χ4n) is 3.25. The number of benzene rings is 2. The molecule has 0 amide bonds. The molecule has 0 aromatic heterocycles. The van der Waals surface area contributed by atoms with Gasteiger partial charge in [0, 0.05) is 16.1 Å². The van der Waals surface area contributed by atoms with Crippen LogP contribution in [0.5, 0.6) is 0 Å². The second-order valence-corrected chi connectivity index (χ2v) is 7.90. The lowest BCUT2D eigenvalue weighted by Gasteiger charge is -2.12. The SMILES string of the molecule is CCCCCCCCCc1ccccc1C(=S)CC(=S)c1ccccc1. The van der Waals surface area contributed by atoms with Gasteiger partial charge in [0.25, 0.3) is 0 Å². The van der Waals surface area contributed by atoms with Crippen molar-refractivity contribution in [1.82, 2.24) is 0 Å². The first-order chi connectivity index (χ1) is 12.7. The number of hydrogen-bond acceptors (Lipinski definition) is 2. The molecular weight excluding hydrogens is 352 g/mol. The monoisotopic (exact) mass is 382 g/mol. The van der Waals surface area contributed by atoms with Crippen LogP contribution in [-0.2, 0) is 6.42 Å². The molecule has 26 heavy (non-hydrogen) atoms. The van der Waals surface area contributed by atoms with Crippen molar-refractivity contribution in [3.63, 3.8) is 0 Å². The van der Waals surface area contributed by atoms with Gasteiger partial charge in [0.2, 0.25) is 0 Å². The highest BCUT2D eigenvalue weighted by Crippen LogP contribution is 2.18. The molecule has 2 rings (SSSR count). The summed E-state index contributed by atoms with van der Waals surface area (Å²) in [6.07, 6.45) is 11.2. The van der Waals surface area contributed by atoms with Crippen molar-refractivity contribution in [2.45, 2.75) is 64.7 Å². The van der Waals surface area contributed by atoms with Gasteiger partial charge in [0.1, 0.15) is 0 Å². The zero-order valence-corrected chi connectivity index (χ0v) is 17.5. The van der Waals surface area contributed by atoms with Crippen LogP contribution < -0.4 is 0 Å². The quantitative estimate of drug-likeness (QED) is 0.212. The van der Waals surface area contributed by atoms with Crippen LogP contribution in [0, 0.1) is 0 Å². The number of unbranched alkanes of at least 4 members (excludes halogenated alkanes) is 6. The molecule has 0 spiro atoms. The first-order valence-electron chi connectivity index (χ1n) is 9.91. The van der Waals surface area contributed by atoms with Crippen molar-refractivity contribution in [2.24, 2.45) is 0 Å². The second-order valence-electron chi connectivity index (χ2n) is 6.92. The van der Waals surface area contributed by atoms with Gasteiger partial charge in [-0.3, -0.25) is 0 Å². The molecule has 138 valence electrons. The molecule has 0 saturated carbocycles. The summed E-state index contributed by atoms with van der Waals surface area (Å²) in [6.45, 7) is 2.27. The molecule has 0 aliphatic rings. The van der Waals surface area contributed by atoms with Crippen molar-refractivity contribution in [1.29, 1.82) is 0 Å². The summed E-state index contributed by atoms with van der Waals surface area (Å²) in [6, 6.07) is 18.8. The summed E-state index contributed by atoms with van der Waals surface area (Å²) in [7, 11) is 0. The highest BCUT2D eigenvalue weighted by molar-refractivity contribution is 7.82. The van der Waals surface area contributed by atoms with Crippen molar-refractivity contribution in [2.75, 3.05) is 0 Å². The van der Waals surface area contributed by atoms with Crippen LogP contribution >= 0.6 is 24.4 Å². The molecule has 2 heteroatoms. The van der Waals surface area contributed by atoms with E-state index in [-0.39, 0.29) is 0 Å². The van der Waals surface area contributed by atoms with E-state index < -0.39 is 0 Å². The van der Waals surface area contributed by atoms with E-state index in [1.165, 1.54) is 56.1 Å². The summed E-state index contributed by atoms with van der Waals surface area (Å²) in [5.74, 6) is 0. The maximum absolute atomic E-state index is 5.75. The smallest absolute Gasteiger partial charge is 0.0279 e. The Hall–Kier alpha value is -1.38. The lowest BCUT2D eigenvalue weighted by Crippen LogP contribution is -2.09. The van der Waals surface area contributed by atoms with Gasteiger partial charge in [-0.2, -0.15) is 0 Å². The van der Waals surface area contributed by atoms with Gasteiger partial charge in [0.05, 0.1) is 0 Å². The Kier molecular flexibility index (Phi) is 9.73. The third-order valence-electron chi connectivity index (χ3n) is 4.78. The zero-order valence-electron chi connectivity index (χ0n) is 15.9. The maximum atomic E-state index is 5.75. The van der Waals surface area contributed by atoms with E-state index in [0.29, 0.717) is 6.42 Å². The Balaban J connectivity index is 1.87. The standard InChI is InChI=1S/C24H30S2/c1-2-3-4-5-6-7-9-14-20-15-12-13-18-22(20)24(26)19-23(25)21-16-10-8-11-17-21/h8,10-13,15-18H,2-7,9,14,19H2,1H3. The van der Waals surface area contributed by atoms with Crippen LogP contribution in [0.4, 0.5) is 0 Å². The van der Waals surface area contributed by atoms with Gasteiger partial charge >= 0.3 is 0 Å². The highest BCUT2D eigenvalue weighted by Gasteiger charge is 2.10. The summed E-state index contributed by atoms with van der Waals surface area (Å²) >= 11 is 11.4. The third-order valence-corrected chi connectivity index (χ3v) is 5.53. The van der Waals surface area contributed by atoms with E-state index in [0.717, 1.165) is 21.7 Å². The van der Waals surface area contributed by atoms with Gasteiger partial charge in [-0.15, -0.1) is 0 Å². The topological polar surface area (TPSA) is 0 Å². The molecule has 0 nitrogen and oxygen atoms in total. The Morgan fingerprint density at radius 2 is 1.31 bits per heavy atom. The zero-order chi connectivity index (χ0) is 18.6. The van der Waals surface area contributed by atoms with Crippen molar-refractivity contribution in [3.05, 3.63) is 71.3 Å². The molecule has 0 bridgehead atoms. The lowest BCUT2D eigenvalue weighted by atomic mass is 9.96. The fourth-order valence-corrected chi connectivity index (χ4v) is 3.97. The first-order valence-corrected chi connectivity index (χ1v) is 10.7. The molecule has 0 radical (unpaired) electrons. The molecule has 0 aliphatic heterocycles. The van der Waals surface area contributed by atoms with Gasteiger partial charge in [0.15, 0.2) is 0 Å². The van der Waals surface area contributed by atoms with Crippen molar-refractivity contribution in [3.8, 4) is 0 Å². The molecule has 0 unspecified atom stereocenters. The predicted molar refractivity (Wildman–Crippen MR) is 123 cm³/mol. The number of aryl methyl sites for hydroxylation is 1. The molecule has 0 aliphatic carbocycles. The summed E-state index contributed by atoms with van der Waals surface area (Å²) in [4.78, 5) is 1.90. The molecule has 0 saturated heterocycles. The molecule has 2 aromatic carbocycles. The Morgan fingerprint density at radius 3 is 2.04 bits per heavy atom. The highest BCUT2D eigenvalue weighted by atomic mass is 32.1.